The Bertz CT molecular complexity index is 494. The largest absolute Gasteiger partial charge is 0.356 e. The molecule has 1 saturated carbocycles. The molecule has 0 aromatic heterocycles. The monoisotopic (exact) mass is 274 g/mol. The van der Waals surface area contributed by atoms with Crippen LogP contribution in [-0.2, 0) is 6.42 Å². The number of hydrogen-bond donors (Lipinski definition) is 3. The van der Waals surface area contributed by atoms with E-state index in [0.29, 0.717) is 11.6 Å². The molecule has 1 aromatic carbocycles. The Hall–Kier alpha value is -2.04. The molecule has 0 aliphatic heterocycles. The molecule has 108 valence electrons. The Balaban J connectivity index is 1.82. The smallest absolute Gasteiger partial charge is 0.251 e. The van der Waals surface area contributed by atoms with Gasteiger partial charge < -0.3 is 16.0 Å². The van der Waals surface area contributed by atoms with Crippen LogP contribution in [0.2, 0.25) is 0 Å². The van der Waals surface area contributed by atoms with Gasteiger partial charge in [0.15, 0.2) is 5.96 Å². The second kappa shape index (κ2) is 6.93. The Morgan fingerprint density at radius 2 is 2.20 bits per heavy atom. The number of carbonyl (C=O) groups excluding carboxylic acids is 1. The van der Waals surface area contributed by atoms with Crippen LogP contribution < -0.4 is 16.0 Å². The second-order valence-electron chi connectivity index (χ2n) is 4.95. The van der Waals surface area contributed by atoms with Crippen molar-refractivity contribution in [3.63, 3.8) is 0 Å². The van der Waals surface area contributed by atoms with Crippen LogP contribution in [0.4, 0.5) is 0 Å². The van der Waals surface area contributed by atoms with Crippen LogP contribution >= 0.6 is 0 Å². The number of rotatable bonds is 5. The van der Waals surface area contributed by atoms with Crippen LogP contribution in [0.25, 0.3) is 0 Å². The van der Waals surface area contributed by atoms with E-state index in [1.165, 1.54) is 12.8 Å². The lowest BCUT2D eigenvalue weighted by molar-refractivity contribution is 0.0963. The van der Waals surface area contributed by atoms with Gasteiger partial charge in [0.25, 0.3) is 5.91 Å². The maximum absolute atomic E-state index is 11.6. The average molecular weight is 274 g/mol. The van der Waals surface area contributed by atoms with E-state index in [4.69, 9.17) is 0 Å². The maximum Gasteiger partial charge on any atom is 0.251 e. The van der Waals surface area contributed by atoms with Crippen LogP contribution in [0, 0.1) is 0 Å². The molecule has 5 nitrogen and oxygen atoms in total. The first-order chi connectivity index (χ1) is 9.72. The van der Waals surface area contributed by atoms with Crippen molar-refractivity contribution in [1.82, 2.24) is 16.0 Å². The van der Waals surface area contributed by atoms with Crippen molar-refractivity contribution >= 4 is 11.9 Å². The van der Waals surface area contributed by atoms with Crippen LogP contribution in [0.5, 0.6) is 0 Å². The number of benzene rings is 1. The topological polar surface area (TPSA) is 65.5 Å². The van der Waals surface area contributed by atoms with Crippen LogP contribution in [-0.4, -0.2) is 38.5 Å². The molecular weight excluding hydrogens is 252 g/mol. The molecule has 0 saturated heterocycles. The van der Waals surface area contributed by atoms with Crippen molar-refractivity contribution in [2.24, 2.45) is 4.99 Å². The fourth-order valence-corrected chi connectivity index (χ4v) is 1.95. The van der Waals surface area contributed by atoms with Gasteiger partial charge in [-0.2, -0.15) is 0 Å². The number of nitrogens with one attached hydrogen (secondary N) is 3. The van der Waals surface area contributed by atoms with Gasteiger partial charge in [-0.05, 0) is 37.0 Å². The molecule has 3 N–H and O–H groups in total. The Morgan fingerprint density at radius 3 is 2.85 bits per heavy atom. The molecule has 1 amide bonds. The van der Waals surface area contributed by atoms with E-state index in [1.54, 1.807) is 14.1 Å². The fourth-order valence-electron chi connectivity index (χ4n) is 1.95. The number of guanidine groups is 1. The lowest BCUT2D eigenvalue weighted by Crippen LogP contribution is -2.39. The average Bonchev–Trinajstić information content (AvgIpc) is 3.29. The van der Waals surface area contributed by atoms with Crippen molar-refractivity contribution in [2.75, 3.05) is 20.6 Å². The summed E-state index contributed by atoms with van der Waals surface area (Å²) in [6.07, 6.45) is 3.32. The molecule has 0 atom stereocenters. The van der Waals surface area contributed by atoms with Gasteiger partial charge in [0.1, 0.15) is 0 Å². The van der Waals surface area contributed by atoms with Gasteiger partial charge in [-0.1, -0.05) is 12.1 Å². The van der Waals surface area contributed by atoms with E-state index in [-0.39, 0.29) is 5.91 Å². The summed E-state index contributed by atoms with van der Waals surface area (Å²) in [5, 5.41) is 9.27. The van der Waals surface area contributed by atoms with Crippen molar-refractivity contribution in [1.29, 1.82) is 0 Å². The zero-order chi connectivity index (χ0) is 14.4. The van der Waals surface area contributed by atoms with Crippen LogP contribution in [0.3, 0.4) is 0 Å². The highest BCUT2D eigenvalue weighted by atomic mass is 16.1. The first-order valence-corrected chi connectivity index (χ1v) is 7.01. The van der Waals surface area contributed by atoms with E-state index >= 15 is 0 Å². The standard InChI is InChI=1S/C15H22N4O/c1-16-14(20)12-5-3-4-11(10-12)8-9-18-15(17-2)19-13-6-7-13/h3-5,10,13H,6-9H2,1-2H3,(H,16,20)(H2,17,18,19). The van der Waals surface area contributed by atoms with Crippen molar-refractivity contribution in [2.45, 2.75) is 25.3 Å². The number of amides is 1. The summed E-state index contributed by atoms with van der Waals surface area (Å²) in [6.45, 7) is 0.795. The third kappa shape index (κ3) is 4.26. The molecule has 1 aliphatic rings. The number of hydrogen-bond acceptors (Lipinski definition) is 2. The Labute approximate surface area is 119 Å². The lowest BCUT2D eigenvalue weighted by Gasteiger charge is -2.11. The Kier molecular flexibility index (Phi) is 4.98. The highest BCUT2D eigenvalue weighted by Crippen LogP contribution is 2.18. The van der Waals surface area contributed by atoms with Crippen LogP contribution in [0.1, 0.15) is 28.8 Å². The zero-order valence-corrected chi connectivity index (χ0v) is 12.1. The van der Waals surface area contributed by atoms with Crippen molar-refractivity contribution < 1.29 is 4.79 Å². The minimum Gasteiger partial charge on any atom is -0.356 e. The molecule has 0 heterocycles. The highest BCUT2D eigenvalue weighted by molar-refractivity contribution is 5.94. The minimum absolute atomic E-state index is 0.0500. The van der Waals surface area contributed by atoms with Crippen LogP contribution in [0.15, 0.2) is 29.3 Å². The van der Waals surface area contributed by atoms with Gasteiger partial charge in [0.05, 0.1) is 0 Å². The van der Waals surface area contributed by atoms with Gasteiger partial charge in [0, 0.05) is 32.2 Å². The summed E-state index contributed by atoms with van der Waals surface area (Å²) in [4.78, 5) is 15.8. The highest BCUT2D eigenvalue weighted by Gasteiger charge is 2.21. The van der Waals surface area contributed by atoms with Gasteiger partial charge >= 0.3 is 0 Å². The van der Waals surface area contributed by atoms with E-state index in [9.17, 15) is 4.79 Å². The molecule has 1 aliphatic carbocycles. The third-order valence-electron chi connectivity index (χ3n) is 3.26. The quantitative estimate of drug-likeness (QED) is 0.552. The zero-order valence-electron chi connectivity index (χ0n) is 12.1. The van der Waals surface area contributed by atoms with Crippen molar-refractivity contribution in [3.8, 4) is 0 Å². The van der Waals surface area contributed by atoms with Gasteiger partial charge in [-0.25, -0.2) is 0 Å². The molecule has 0 bridgehead atoms. The van der Waals surface area contributed by atoms with E-state index < -0.39 is 0 Å². The molecular formula is C15H22N4O. The van der Waals surface area contributed by atoms with Gasteiger partial charge in [-0.15, -0.1) is 0 Å². The van der Waals surface area contributed by atoms with Gasteiger partial charge in [0.2, 0.25) is 0 Å². The summed E-state index contributed by atoms with van der Waals surface area (Å²) in [5.74, 6) is 0.806. The number of carbonyl (C=O) groups is 1. The lowest BCUT2D eigenvalue weighted by atomic mass is 10.1. The number of aliphatic imine (C=N–C) groups is 1. The van der Waals surface area contributed by atoms with E-state index in [0.717, 1.165) is 24.5 Å². The fraction of sp³-hybridized carbons (Fsp3) is 0.467. The SMILES string of the molecule is CN=C(NCCc1cccc(C(=O)NC)c1)NC1CC1. The number of nitrogens with zero attached hydrogens (tertiary/aromatic N) is 1. The van der Waals surface area contributed by atoms with E-state index in [1.807, 2.05) is 24.3 Å². The predicted molar refractivity (Wildman–Crippen MR) is 81.1 cm³/mol. The van der Waals surface area contributed by atoms with Crippen molar-refractivity contribution in [3.05, 3.63) is 35.4 Å². The minimum atomic E-state index is -0.0500. The first kappa shape index (κ1) is 14.4. The van der Waals surface area contributed by atoms with E-state index in [2.05, 4.69) is 20.9 Å². The maximum atomic E-state index is 11.6. The summed E-state index contributed by atoms with van der Waals surface area (Å²) in [5.41, 5.74) is 1.84. The molecule has 2 rings (SSSR count). The molecule has 0 spiro atoms. The molecule has 0 radical (unpaired) electrons. The molecule has 1 aromatic rings. The predicted octanol–water partition coefficient (Wildman–Crippen LogP) is 0.916. The summed E-state index contributed by atoms with van der Waals surface area (Å²) in [6, 6.07) is 8.29. The summed E-state index contributed by atoms with van der Waals surface area (Å²) < 4.78 is 0. The second-order valence-corrected chi connectivity index (χ2v) is 4.95. The third-order valence-corrected chi connectivity index (χ3v) is 3.26. The summed E-state index contributed by atoms with van der Waals surface area (Å²) >= 11 is 0. The Morgan fingerprint density at radius 1 is 1.40 bits per heavy atom. The molecule has 20 heavy (non-hydrogen) atoms. The molecule has 5 heteroatoms. The van der Waals surface area contributed by atoms with Gasteiger partial charge in [-0.3, -0.25) is 9.79 Å². The molecule has 0 unspecified atom stereocenters. The molecule has 1 fully saturated rings. The normalized spacial score (nSPS) is 14.8. The summed E-state index contributed by atoms with van der Waals surface area (Å²) in [7, 11) is 3.42. The first-order valence-electron chi connectivity index (χ1n) is 7.01.